The van der Waals surface area contributed by atoms with E-state index < -0.39 is 43.0 Å². The third-order valence-corrected chi connectivity index (χ3v) is 23.9. The smallest absolute Gasteiger partial charge is 0.252 e. The molecule has 16 aromatic carbocycles. The molecule has 0 amide bonds. The highest BCUT2D eigenvalue weighted by Gasteiger charge is 2.46. The lowest BCUT2D eigenvalue weighted by molar-refractivity contribution is 0.590. The number of fused-ring (bicyclic) bond motifs is 13. The van der Waals surface area contributed by atoms with Gasteiger partial charge in [0.2, 0.25) is 0 Å². The number of benzene rings is 16. The van der Waals surface area contributed by atoms with Gasteiger partial charge >= 0.3 is 0 Å². The largest absolute Gasteiger partial charge is 0.311 e. The Balaban J connectivity index is 0.972. The Morgan fingerprint density at radius 3 is 1.20 bits per heavy atom. The summed E-state index contributed by atoms with van der Waals surface area (Å²) in [5, 5.41) is 4.50. The first-order valence-corrected chi connectivity index (χ1v) is 39.6. The minimum Gasteiger partial charge on any atom is -0.311 e. The minimum absolute atomic E-state index is 0.00276. The van der Waals surface area contributed by atoms with Crippen molar-refractivity contribution in [1.29, 1.82) is 0 Å². The molecule has 0 fully saturated rings. The summed E-state index contributed by atoms with van der Waals surface area (Å²) in [6.45, 7) is 20.1. The maximum absolute atomic E-state index is 9.96. The van der Waals surface area contributed by atoms with Crippen LogP contribution >= 0.6 is 0 Å². The second-order valence-electron chi connectivity index (χ2n) is 33.9. The summed E-state index contributed by atoms with van der Waals surface area (Å²) < 4.78 is 82.9. The van der Waals surface area contributed by atoms with Gasteiger partial charge in [-0.3, -0.25) is 0 Å². The van der Waals surface area contributed by atoms with E-state index in [1.807, 2.05) is 18.2 Å². The van der Waals surface area contributed by atoms with E-state index in [0.29, 0.717) is 5.69 Å². The van der Waals surface area contributed by atoms with Crippen molar-refractivity contribution in [2.24, 2.45) is 0 Å². The van der Waals surface area contributed by atoms with Gasteiger partial charge in [-0.2, -0.15) is 0 Å². The van der Waals surface area contributed by atoms with Crippen LogP contribution in [0.5, 0.6) is 0 Å². The standard InChI is InChI=1S/C108H86BN5/c1-106(2,3)76-50-56-96-89(63-76)90-64-77(107(4,5)6)51-57-97(90)112(96)81-53-55-92-100(68-81)114(105-87(71-36-19-12-20-37-71)65-78(108(7,8)9)66-88(105)72-38-21-13-22-39-72)102-62-75(83-45-31-49-98-103(83)86-44-27-30-48-95(86)110(98)79-40-23-14-24-41-79)61-101-104(102)109(92)91-54-52-80(111-93-46-28-25-42-84(93)85-43-26-29-47-94(85)111)67-99(91)113(101)82-59-73(69-32-15-10-16-33-69)58-74(60-82)70-34-17-11-18-35-70/h10-68H,1-9H3/i25D,26D,28D,29D,42D,43D,46D,47D. The van der Waals surface area contributed by atoms with Crippen LogP contribution in [0.3, 0.4) is 0 Å². The highest BCUT2D eigenvalue weighted by molar-refractivity contribution is 7.00. The van der Waals surface area contributed by atoms with Crippen molar-refractivity contribution in [3.8, 4) is 72.7 Å². The molecule has 5 nitrogen and oxygen atoms in total. The van der Waals surface area contributed by atoms with Crippen LogP contribution in [-0.4, -0.2) is 20.4 Å². The molecule has 2 aliphatic heterocycles. The zero-order valence-corrected chi connectivity index (χ0v) is 65.3. The molecule has 3 aromatic heterocycles. The Bertz CT molecular complexity index is 7340. The molecule has 0 N–H and O–H groups in total. The molecule has 0 saturated heterocycles. The van der Waals surface area contributed by atoms with E-state index in [4.69, 9.17) is 2.74 Å². The molecule has 19 aromatic rings. The van der Waals surface area contributed by atoms with Gasteiger partial charge in [-0.15, -0.1) is 0 Å². The minimum atomic E-state index is -0.555. The van der Waals surface area contributed by atoms with E-state index >= 15 is 0 Å². The summed E-state index contributed by atoms with van der Waals surface area (Å²) in [5.74, 6) is 0. The molecule has 546 valence electrons. The van der Waals surface area contributed by atoms with E-state index in [9.17, 15) is 8.22 Å². The van der Waals surface area contributed by atoms with Gasteiger partial charge in [0.05, 0.1) is 49.8 Å². The predicted molar refractivity (Wildman–Crippen MR) is 487 cm³/mol. The lowest BCUT2D eigenvalue weighted by Gasteiger charge is -2.45. The molecule has 6 heteroatoms. The zero-order valence-electron chi connectivity index (χ0n) is 73.3. The molecule has 0 atom stereocenters. The van der Waals surface area contributed by atoms with Gasteiger partial charge < -0.3 is 23.5 Å². The molecule has 0 unspecified atom stereocenters. The van der Waals surface area contributed by atoms with Crippen LogP contribution in [0.25, 0.3) is 138 Å². The molecule has 21 rings (SSSR count). The van der Waals surface area contributed by atoms with Crippen molar-refractivity contribution < 1.29 is 11.0 Å². The highest BCUT2D eigenvalue weighted by atomic mass is 15.2. The Morgan fingerprint density at radius 2 is 0.684 bits per heavy atom. The van der Waals surface area contributed by atoms with Gasteiger partial charge in [-0.1, -0.05) is 293 Å². The van der Waals surface area contributed by atoms with E-state index in [-0.39, 0.29) is 50.1 Å². The summed E-state index contributed by atoms with van der Waals surface area (Å²) in [6, 6.07) is 109. The number of rotatable bonds is 10. The van der Waals surface area contributed by atoms with Crippen LogP contribution in [0.15, 0.2) is 358 Å². The van der Waals surface area contributed by atoms with Gasteiger partial charge in [0.15, 0.2) is 0 Å². The lowest BCUT2D eigenvalue weighted by Crippen LogP contribution is -2.61. The maximum Gasteiger partial charge on any atom is 0.252 e. The average molecular weight is 1470 g/mol. The SMILES string of the molecule is [2H]c1c([2H])c([2H])c2c(c1[2H])c1c([2H])c([2H])c([2H])c([2H])c1n2-c1ccc2c(c1)N(c1cc(-c3ccccc3)cc(-c3ccccc3)c1)c1cc(-c3cccc4c3c3ccccc3n4-c3ccccc3)cc3c1B2c1ccc(-n2c4ccc(C(C)(C)C)cc4c4cc(C(C)(C)C)ccc42)cc1N3c1c(-c2ccccc2)cc(C(C)(C)C)cc1-c1ccccc1. The summed E-state index contributed by atoms with van der Waals surface area (Å²) in [6.07, 6.45) is 0. The van der Waals surface area contributed by atoms with Crippen LogP contribution in [0, 0.1) is 0 Å². The molecule has 2 aliphatic rings. The first-order valence-electron chi connectivity index (χ1n) is 43.6. The van der Waals surface area contributed by atoms with Crippen molar-refractivity contribution in [2.45, 2.75) is 78.6 Å². The number of hydrogen-bond donors (Lipinski definition) is 0. The third-order valence-electron chi connectivity index (χ3n) is 23.9. The molecule has 0 radical (unpaired) electrons. The summed E-state index contributed by atoms with van der Waals surface area (Å²) in [5.41, 5.74) is 28.1. The zero-order chi connectivity index (χ0) is 84.0. The Kier molecular flexibility index (Phi) is 13.8. The maximum atomic E-state index is 9.96. The summed E-state index contributed by atoms with van der Waals surface area (Å²) in [4.78, 5) is 5.03. The number of hydrogen-bond acceptors (Lipinski definition) is 2. The Hall–Kier alpha value is -13.4. The Morgan fingerprint density at radius 1 is 0.254 bits per heavy atom. The van der Waals surface area contributed by atoms with Crippen LogP contribution in [0.1, 0.15) is 90.0 Å². The van der Waals surface area contributed by atoms with Crippen molar-refractivity contribution >= 4 is 123 Å². The monoisotopic (exact) mass is 1470 g/mol. The van der Waals surface area contributed by atoms with Crippen molar-refractivity contribution in [2.75, 3.05) is 9.80 Å². The normalized spacial score (nSPS) is 13.9. The van der Waals surface area contributed by atoms with Crippen LogP contribution < -0.4 is 26.2 Å². The van der Waals surface area contributed by atoms with Gasteiger partial charge in [0.25, 0.3) is 6.71 Å². The van der Waals surface area contributed by atoms with E-state index in [1.54, 1.807) is 4.57 Å². The molecule has 0 aliphatic carbocycles. The van der Waals surface area contributed by atoms with Crippen LogP contribution in [0.4, 0.5) is 34.1 Å². The number of para-hydroxylation sites is 4. The fourth-order valence-corrected chi connectivity index (χ4v) is 18.3. The first-order chi connectivity index (χ1) is 58.8. The fraction of sp³-hybridized carbons (Fsp3) is 0.111. The second kappa shape index (κ2) is 26.1. The van der Waals surface area contributed by atoms with Crippen LogP contribution in [-0.2, 0) is 16.2 Å². The molecule has 0 saturated carbocycles. The van der Waals surface area contributed by atoms with Crippen molar-refractivity contribution in [3.63, 3.8) is 0 Å². The lowest BCUT2D eigenvalue weighted by atomic mass is 9.33. The topological polar surface area (TPSA) is 21.3 Å². The molecule has 114 heavy (non-hydrogen) atoms. The van der Waals surface area contributed by atoms with Crippen LogP contribution in [0.2, 0.25) is 0 Å². The number of nitrogens with zero attached hydrogens (tertiary/aromatic N) is 5. The van der Waals surface area contributed by atoms with Gasteiger partial charge in [-0.25, -0.2) is 0 Å². The predicted octanol–water partition coefficient (Wildman–Crippen LogP) is 27.3. The average Bonchev–Trinajstić information content (AvgIpc) is 1.13. The number of aromatic nitrogens is 3. The molecule has 5 heterocycles. The van der Waals surface area contributed by atoms with E-state index in [1.165, 1.54) is 27.5 Å². The molecule has 0 bridgehead atoms. The summed E-state index contributed by atoms with van der Waals surface area (Å²) >= 11 is 0. The van der Waals surface area contributed by atoms with Crippen molar-refractivity contribution in [3.05, 3.63) is 374 Å². The summed E-state index contributed by atoms with van der Waals surface area (Å²) in [7, 11) is 0. The van der Waals surface area contributed by atoms with E-state index in [0.717, 1.165) is 150 Å². The first kappa shape index (κ1) is 60.3. The molecular weight excluding hydrogens is 1380 g/mol. The van der Waals surface area contributed by atoms with Gasteiger partial charge in [0, 0.05) is 88.9 Å². The second-order valence-corrected chi connectivity index (χ2v) is 33.9. The highest BCUT2D eigenvalue weighted by Crippen LogP contribution is 2.55. The Labute approximate surface area is 678 Å². The van der Waals surface area contributed by atoms with E-state index in [2.05, 4.69) is 372 Å². The van der Waals surface area contributed by atoms with Crippen molar-refractivity contribution in [1.82, 2.24) is 13.7 Å². The third kappa shape index (κ3) is 11.0. The molecule has 0 spiro atoms. The van der Waals surface area contributed by atoms with Gasteiger partial charge in [-0.05, 0) is 221 Å². The quantitative estimate of drug-likeness (QED) is 0.127. The number of anilines is 6. The fourth-order valence-electron chi connectivity index (χ4n) is 18.3. The molecular formula is C108H86BN5. The van der Waals surface area contributed by atoms with Gasteiger partial charge in [0.1, 0.15) is 0 Å².